The van der Waals surface area contributed by atoms with Crippen molar-refractivity contribution in [3.8, 4) is 0 Å². The molecule has 0 heterocycles. The largest absolute Gasteiger partial charge is 0.357 e. The molecule has 0 saturated carbocycles. The third-order valence-electron chi connectivity index (χ3n) is 2.97. The van der Waals surface area contributed by atoms with Gasteiger partial charge in [0, 0.05) is 31.7 Å². The molecule has 0 spiro atoms. The van der Waals surface area contributed by atoms with Crippen molar-refractivity contribution in [3.05, 3.63) is 34.9 Å². The first kappa shape index (κ1) is 22.0. The van der Waals surface area contributed by atoms with Gasteiger partial charge in [0.2, 0.25) is 5.91 Å². The van der Waals surface area contributed by atoms with Gasteiger partial charge in [0.15, 0.2) is 5.96 Å². The van der Waals surface area contributed by atoms with Crippen LogP contribution in [0.1, 0.15) is 25.8 Å². The molecule has 0 aromatic heterocycles. The summed E-state index contributed by atoms with van der Waals surface area (Å²) in [5, 5.41) is 6.73. The first-order chi connectivity index (χ1) is 10.6. The third-order valence-corrected chi connectivity index (χ3v) is 3.23. The number of carbonyl (C=O) groups excluding carboxylic acids is 1. The molecule has 0 fully saturated rings. The van der Waals surface area contributed by atoms with Crippen LogP contribution in [0.3, 0.4) is 0 Å². The lowest BCUT2D eigenvalue weighted by atomic mass is 10.2. The molecular weight excluding hydrogens is 427 g/mol. The van der Waals surface area contributed by atoms with Crippen molar-refractivity contribution in [1.82, 2.24) is 15.5 Å². The van der Waals surface area contributed by atoms with Crippen molar-refractivity contribution in [2.75, 3.05) is 26.7 Å². The number of aliphatic imine (C=N–C) groups is 1. The van der Waals surface area contributed by atoms with Crippen LogP contribution in [-0.4, -0.2) is 43.4 Å². The number of guanidine groups is 1. The number of rotatable bonds is 7. The minimum atomic E-state index is -0.0582. The molecule has 0 unspecified atom stereocenters. The second-order valence-electron chi connectivity index (χ2n) is 5.00. The first-order valence-corrected chi connectivity index (χ1v) is 7.95. The Morgan fingerprint density at radius 2 is 1.87 bits per heavy atom. The number of amides is 1. The summed E-state index contributed by atoms with van der Waals surface area (Å²) in [6, 6.07) is 7.70. The summed E-state index contributed by atoms with van der Waals surface area (Å²) in [6.07, 6.45) is 0.923. The highest BCUT2D eigenvalue weighted by Crippen LogP contribution is 2.10. The van der Waals surface area contributed by atoms with E-state index < -0.39 is 0 Å². The van der Waals surface area contributed by atoms with Crippen molar-refractivity contribution >= 4 is 47.4 Å². The summed E-state index contributed by atoms with van der Waals surface area (Å²) in [5.41, 5.74) is 1.13. The third kappa shape index (κ3) is 9.00. The second-order valence-corrected chi connectivity index (χ2v) is 5.44. The Morgan fingerprint density at radius 3 is 2.43 bits per heavy atom. The van der Waals surface area contributed by atoms with Crippen LogP contribution in [-0.2, 0) is 11.3 Å². The van der Waals surface area contributed by atoms with Crippen molar-refractivity contribution < 1.29 is 4.79 Å². The highest BCUT2D eigenvalue weighted by molar-refractivity contribution is 14.0. The zero-order chi connectivity index (χ0) is 16.4. The van der Waals surface area contributed by atoms with Crippen molar-refractivity contribution in [1.29, 1.82) is 0 Å². The van der Waals surface area contributed by atoms with E-state index in [0.717, 1.165) is 23.6 Å². The highest BCUT2D eigenvalue weighted by Gasteiger charge is 2.07. The SMILES string of the molecule is CCCNC(=O)CN=C(NCC)N(C)Cc1ccc(Cl)cc1.I. The van der Waals surface area contributed by atoms with Gasteiger partial charge in [-0.2, -0.15) is 0 Å². The molecule has 0 radical (unpaired) electrons. The van der Waals surface area contributed by atoms with Crippen LogP contribution in [0.2, 0.25) is 5.02 Å². The van der Waals surface area contributed by atoms with Gasteiger partial charge >= 0.3 is 0 Å². The highest BCUT2D eigenvalue weighted by atomic mass is 127. The van der Waals surface area contributed by atoms with Gasteiger partial charge in [0.1, 0.15) is 6.54 Å². The molecular formula is C16H26ClIN4O. The van der Waals surface area contributed by atoms with Crippen LogP contribution < -0.4 is 10.6 Å². The fourth-order valence-corrected chi connectivity index (χ4v) is 2.00. The average molecular weight is 453 g/mol. The maximum atomic E-state index is 11.6. The summed E-state index contributed by atoms with van der Waals surface area (Å²) in [6.45, 7) is 6.29. The number of halogens is 2. The van der Waals surface area contributed by atoms with Crippen LogP contribution in [0.25, 0.3) is 0 Å². The first-order valence-electron chi connectivity index (χ1n) is 7.57. The van der Waals surface area contributed by atoms with Gasteiger partial charge in [-0.25, -0.2) is 4.99 Å². The Hall–Kier alpha value is -1.02. The van der Waals surface area contributed by atoms with E-state index in [9.17, 15) is 4.79 Å². The minimum absolute atomic E-state index is 0. The summed E-state index contributed by atoms with van der Waals surface area (Å²) >= 11 is 5.89. The average Bonchev–Trinajstić information content (AvgIpc) is 2.51. The van der Waals surface area contributed by atoms with E-state index in [-0.39, 0.29) is 36.4 Å². The number of hydrogen-bond acceptors (Lipinski definition) is 2. The summed E-state index contributed by atoms with van der Waals surface area (Å²) in [4.78, 5) is 18.0. The monoisotopic (exact) mass is 452 g/mol. The molecule has 0 atom stereocenters. The molecule has 1 rings (SSSR count). The predicted molar refractivity (Wildman–Crippen MR) is 108 cm³/mol. The zero-order valence-corrected chi connectivity index (χ0v) is 17.0. The zero-order valence-electron chi connectivity index (χ0n) is 13.9. The Labute approximate surface area is 160 Å². The summed E-state index contributed by atoms with van der Waals surface area (Å²) in [5.74, 6) is 0.654. The molecule has 1 amide bonds. The molecule has 0 aliphatic carbocycles. The summed E-state index contributed by atoms with van der Waals surface area (Å²) < 4.78 is 0. The van der Waals surface area contributed by atoms with E-state index in [1.165, 1.54) is 0 Å². The molecule has 0 bridgehead atoms. The molecule has 2 N–H and O–H groups in total. The maximum absolute atomic E-state index is 11.6. The van der Waals surface area contributed by atoms with Crippen LogP contribution >= 0.6 is 35.6 Å². The van der Waals surface area contributed by atoms with E-state index >= 15 is 0 Å². The van der Waals surface area contributed by atoms with Crippen LogP contribution in [0.15, 0.2) is 29.3 Å². The van der Waals surface area contributed by atoms with Crippen LogP contribution in [0.4, 0.5) is 0 Å². The van der Waals surface area contributed by atoms with Gasteiger partial charge in [0.25, 0.3) is 0 Å². The Morgan fingerprint density at radius 1 is 1.22 bits per heavy atom. The van der Waals surface area contributed by atoms with Crippen LogP contribution in [0, 0.1) is 0 Å². The smallest absolute Gasteiger partial charge is 0.241 e. The van der Waals surface area contributed by atoms with Gasteiger partial charge in [-0.3, -0.25) is 4.79 Å². The minimum Gasteiger partial charge on any atom is -0.357 e. The lowest BCUT2D eigenvalue weighted by molar-refractivity contribution is -0.119. The Kier molecular flexibility index (Phi) is 11.9. The van der Waals surface area contributed by atoms with Gasteiger partial charge in [-0.1, -0.05) is 30.7 Å². The molecule has 0 saturated heterocycles. The Bertz CT molecular complexity index is 493. The van der Waals surface area contributed by atoms with E-state index in [4.69, 9.17) is 11.6 Å². The van der Waals surface area contributed by atoms with E-state index in [0.29, 0.717) is 19.0 Å². The van der Waals surface area contributed by atoms with E-state index in [2.05, 4.69) is 15.6 Å². The topological polar surface area (TPSA) is 56.7 Å². The van der Waals surface area contributed by atoms with Gasteiger partial charge < -0.3 is 15.5 Å². The second kappa shape index (κ2) is 12.4. The number of nitrogens with one attached hydrogen (secondary N) is 2. The van der Waals surface area contributed by atoms with Gasteiger partial charge in [0.05, 0.1) is 0 Å². The molecule has 1 aromatic rings. The summed E-state index contributed by atoms with van der Waals surface area (Å²) in [7, 11) is 1.94. The van der Waals surface area contributed by atoms with Crippen molar-refractivity contribution in [3.63, 3.8) is 0 Å². The molecule has 130 valence electrons. The number of nitrogens with zero attached hydrogens (tertiary/aromatic N) is 2. The van der Waals surface area contributed by atoms with Gasteiger partial charge in [-0.05, 0) is 31.0 Å². The number of hydrogen-bond donors (Lipinski definition) is 2. The predicted octanol–water partition coefficient (Wildman–Crippen LogP) is 2.88. The van der Waals surface area contributed by atoms with Crippen molar-refractivity contribution in [2.24, 2.45) is 4.99 Å². The number of benzene rings is 1. The molecule has 7 heteroatoms. The normalized spacial score (nSPS) is 10.7. The van der Waals surface area contributed by atoms with Crippen LogP contribution in [0.5, 0.6) is 0 Å². The molecule has 0 aliphatic heterocycles. The molecule has 1 aromatic carbocycles. The molecule has 5 nitrogen and oxygen atoms in total. The Balaban J connectivity index is 0.00000484. The quantitative estimate of drug-likeness (QED) is 0.380. The molecule has 0 aliphatic rings. The standard InChI is InChI=1S/C16H25ClN4O.HI/c1-4-10-19-15(22)11-20-16(18-5-2)21(3)12-13-6-8-14(17)9-7-13;/h6-9H,4-5,10-12H2,1-3H3,(H,18,20)(H,19,22);1H. The van der Waals surface area contributed by atoms with Gasteiger partial charge in [-0.15, -0.1) is 24.0 Å². The lowest BCUT2D eigenvalue weighted by Gasteiger charge is -2.22. The van der Waals surface area contributed by atoms with Crippen molar-refractivity contribution in [2.45, 2.75) is 26.8 Å². The number of carbonyl (C=O) groups is 1. The fourth-order valence-electron chi connectivity index (χ4n) is 1.88. The molecule has 23 heavy (non-hydrogen) atoms. The van der Waals surface area contributed by atoms with E-state index in [1.54, 1.807) is 0 Å². The van der Waals surface area contributed by atoms with E-state index in [1.807, 2.05) is 50.1 Å². The lowest BCUT2D eigenvalue weighted by Crippen LogP contribution is -2.39. The maximum Gasteiger partial charge on any atom is 0.241 e. The fraction of sp³-hybridized carbons (Fsp3) is 0.500.